The molecule has 0 aliphatic rings. The number of halogens is 3. The Morgan fingerprint density at radius 1 is 1.24 bits per heavy atom. The number of unbranched alkanes of at least 4 members (excludes halogenated alkanes) is 1. The van der Waals surface area contributed by atoms with Gasteiger partial charge in [0.05, 0.1) is 29.4 Å². The zero-order valence-corrected chi connectivity index (χ0v) is 15.8. The van der Waals surface area contributed by atoms with Crippen LogP contribution in [-0.4, -0.2) is 24.2 Å². The number of alkyl halides is 3. The van der Waals surface area contributed by atoms with Gasteiger partial charge in [0, 0.05) is 12.3 Å². The van der Waals surface area contributed by atoms with Gasteiger partial charge in [0.25, 0.3) is 5.91 Å². The van der Waals surface area contributed by atoms with Crippen molar-refractivity contribution >= 4 is 11.6 Å². The van der Waals surface area contributed by atoms with Crippen molar-refractivity contribution in [2.45, 2.75) is 32.4 Å². The predicted molar refractivity (Wildman–Crippen MR) is 102 cm³/mol. The minimum Gasteiger partial charge on any atom is -0.493 e. The molecule has 0 spiro atoms. The fourth-order valence-electron chi connectivity index (χ4n) is 2.89. The number of rotatable bonds is 8. The number of hydrogen-bond acceptors (Lipinski definition) is 4. The van der Waals surface area contributed by atoms with Crippen LogP contribution in [0.4, 0.5) is 18.9 Å². The number of ether oxygens (including phenoxy) is 1. The quantitative estimate of drug-likeness (QED) is 0.631. The fourth-order valence-corrected chi connectivity index (χ4v) is 2.89. The molecule has 2 aromatic rings. The third-order valence-corrected chi connectivity index (χ3v) is 4.20. The van der Waals surface area contributed by atoms with Gasteiger partial charge in [-0.3, -0.25) is 4.79 Å². The minimum absolute atomic E-state index is 0.0259. The van der Waals surface area contributed by atoms with Crippen molar-refractivity contribution in [1.82, 2.24) is 0 Å². The highest BCUT2D eigenvalue weighted by molar-refractivity contribution is 6.07. The SMILES string of the molecule is CCOc1cccc(CCCCO)c1C(=O)Nc1ccc(C#N)c(C(F)(F)F)c1. The van der Waals surface area contributed by atoms with Gasteiger partial charge in [-0.05, 0) is 56.0 Å². The second kappa shape index (κ2) is 9.94. The van der Waals surface area contributed by atoms with Crippen LogP contribution < -0.4 is 10.1 Å². The number of nitrogens with one attached hydrogen (secondary N) is 1. The van der Waals surface area contributed by atoms with Gasteiger partial charge >= 0.3 is 6.18 Å². The van der Waals surface area contributed by atoms with Crippen molar-refractivity contribution in [2.24, 2.45) is 0 Å². The first-order valence-electron chi connectivity index (χ1n) is 9.10. The number of amides is 1. The van der Waals surface area contributed by atoms with E-state index in [1.165, 1.54) is 12.1 Å². The fraction of sp³-hybridized carbons (Fsp3) is 0.333. The number of carbonyl (C=O) groups excluding carboxylic acids is 1. The van der Waals surface area contributed by atoms with E-state index in [4.69, 9.17) is 15.1 Å². The largest absolute Gasteiger partial charge is 0.493 e. The zero-order chi connectivity index (χ0) is 21.4. The molecule has 0 aliphatic heterocycles. The van der Waals surface area contributed by atoms with Gasteiger partial charge in [-0.1, -0.05) is 12.1 Å². The molecule has 0 saturated carbocycles. The van der Waals surface area contributed by atoms with Crippen LogP contribution in [0.5, 0.6) is 5.75 Å². The monoisotopic (exact) mass is 406 g/mol. The molecular weight excluding hydrogens is 385 g/mol. The van der Waals surface area contributed by atoms with E-state index in [2.05, 4.69) is 5.32 Å². The summed E-state index contributed by atoms with van der Waals surface area (Å²) < 4.78 is 45.0. The Labute approximate surface area is 166 Å². The van der Waals surface area contributed by atoms with Crippen LogP contribution in [-0.2, 0) is 12.6 Å². The highest BCUT2D eigenvalue weighted by Crippen LogP contribution is 2.34. The Hall–Kier alpha value is -3.05. The Morgan fingerprint density at radius 3 is 2.62 bits per heavy atom. The van der Waals surface area contributed by atoms with E-state index in [0.717, 1.165) is 12.1 Å². The Bertz CT molecular complexity index is 905. The number of nitrogens with zero attached hydrogens (tertiary/aromatic N) is 1. The lowest BCUT2D eigenvalue weighted by molar-refractivity contribution is -0.137. The van der Waals surface area contributed by atoms with Crippen molar-refractivity contribution in [3.8, 4) is 11.8 Å². The number of hydrogen-bond donors (Lipinski definition) is 2. The molecule has 154 valence electrons. The molecular formula is C21H21F3N2O3. The number of benzene rings is 2. The first kappa shape index (κ1) is 22.2. The van der Waals surface area contributed by atoms with Crippen molar-refractivity contribution in [3.63, 3.8) is 0 Å². The molecule has 0 aliphatic carbocycles. The maximum Gasteiger partial charge on any atom is 0.417 e. The normalized spacial score (nSPS) is 11.0. The van der Waals surface area contributed by atoms with Crippen LogP contribution in [0.15, 0.2) is 36.4 Å². The van der Waals surface area contributed by atoms with Crippen molar-refractivity contribution in [1.29, 1.82) is 5.26 Å². The summed E-state index contributed by atoms with van der Waals surface area (Å²) in [5, 5.41) is 20.3. The molecule has 2 rings (SSSR count). The number of aliphatic hydroxyl groups is 1. The molecule has 0 bridgehead atoms. The number of anilines is 1. The summed E-state index contributed by atoms with van der Waals surface area (Å²) in [4.78, 5) is 12.9. The number of aliphatic hydroxyl groups excluding tert-OH is 1. The predicted octanol–water partition coefficient (Wildman–Crippen LogP) is 4.54. The first-order chi connectivity index (χ1) is 13.8. The van der Waals surface area contributed by atoms with Gasteiger partial charge in [-0.2, -0.15) is 18.4 Å². The molecule has 1 amide bonds. The smallest absolute Gasteiger partial charge is 0.417 e. The number of aryl methyl sites for hydroxylation is 1. The summed E-state index contributed by atoms with van der Waals surface area (Å²) >= 11 is 0. The van der Waals surface area contributed by atoms with E-state index in [9.17, 15) is 18.0 Å². The van der Waals surface area contributed by atoms with Gasteiger partial charge in [-0.15, -0.1) is 0 Å². The Balaban J connectivity index is 2.38. The zero-order valence-electron chi connectivity index (χ0n) is 15.8. The van der Waals surface area contributed by atoms with Gasteiger partial charge in [0.1, 0.15) is 5.75 Å². The average molecular weight is 406 g/mol. The number of carbonyl (C=O) groups is 1. The summed E-state index contributed by atoms with van der Waals surface area (Å²) in [6.07, 6.45) is -3.01. The highest BCUT2D eigenvalue weighted by atomic mass is 19.4. The van der Waals surface area contributed by atoms with E-state index < -0.39 is 23.2 Å². The maximum atomic E-state index is 13.2. The summed E-state index contributed by atoms with van der Waals surface area (Å²) in [5.41, 5.74) is -0.792. The second-order valence-corrected chi connectivity index (χ2v) is 6.23. The molecule has 0 aromatic heterocycles. The molecule has 2 aromatic carbocycles. The minimum atomic E-state index is -4.72. The summed E-state index contributed by atoms with van der Waals surface area (Å²) in [6.45, 7) is 2.10. The molecule has 0 atom stereocenters. The molecule has 29 heavy (non-hydrogen) atoms. The van der Waals surface area contributed by atoms with E-state index in [1.54, 1.807) is 25.1 Å². The molecule has 0 heterocycles. The van der Waals surface area contributed by atoms with Gasteiger partial charge in [0.15, 0.2) is 0 Å². The maximum absolute atomic E-state index is 13.2. The lowest BCUT2D eigenvalue weighted by Crippen LogP contribution is -2.17. The van der Waals surface area contributed by atoms with Crippen LogP contribution in [0.3, 0.4) is 0 Å². The van der Waals surface area contributed by atoms with Gasteiger partial charge < -0.3 is 15.2 Å². The van der Waals surface area contributed by atoms with E-state index >= 15 is 0 Å². The molecule has 0 fully saturated rings. The Morgan fingerprint density at radius 2 is 2.00 bits per heavy atom. The van der Waals surface area contributed by atoms with Crippen LogP contribution in [0.2, 0.25) is 0 Å². The molecule has 8 heteroatoms. The van der Waals surface area contributed by atoms with E-state index in [1.807, 2.05) is 0 Å². The highest BCUT2D eigenvalue weighted by Gasteiger charge is 2.34. The van der Waals surface area contributed by atoms with Crippen molar-refractivity contribution in [3.05, 3.63) is 58.7 Å². The lowest BCUT2D eigenvalue weighted by atomic mass is 10.00. The van der Waals surface area contributed by atoms with Crippen LogP contribution in [0, 0.1) is 11.3 Å². The van der Waals surface area contributed by atoms with Crippen LogP contribution in [0.1, 0.15) is 46.8 Å². The van der Waals surface area contributed by atoms with E-state index in [-0.39, 0.29) is 17.9 Å². The van der Waals surface area contributed by atoms with E-state index in [0.29, 0.717) is 37.2 Å². The molecule has 0 saturated heterocycles. The lowest BCUT2D eigenvalue weighted by Gasteiger charge is -2.16. The standard InChI is InChI=1S/C21H21F3N2O3/c1-2-29-18-8-5-7-14(6-3-4-11-27)19(18)20(28)26-16-10-9-15(13-25)17(12-16)21(22,23)24/h5,7-10,12,27H,2-4,6,11H2,1H3,(H,26,28). The van der Waals surface area contributed by atoms with Crippen molar-refractivity contribution in [2.75, 3.05) is 18.5 Å². The molecule has 0 radical (unpaired) electrons. The van der Waals surface area contributed by atoms with Gasteiger partial charge in [-0.25, -0.2) is 0 Å². The van der Waals surface area contributed by atoms with Crippen molar-refractivity contribution < 1.29 is 27.8 Å². The summed E-state index contributed by atoms with van der Waals surface area (Å²) in [5.74, 6) is -0.276. The first-order valence-corrected chi connectivity index (χ1v) is 9.10. The summed E-state index contributed by atoms with van der Waals surface area (Å²) in [7, 11) is 0. The molecule has 5 nitrogen and oxygen atoms in total. The second-order valence-electron chi connectivity index (χ2n) is 6.23. The summed E-state index contributed by atoms with van der Waals surface area (Å²) in [6, 6.07) is 9.62. The van der Waals surface area contributed by atoms with Crippen LogP contribution in [0.25, 0.3) is 0 Å². The molecule has 2 N–H and O–H groups in total. The third kappa shape index (κ3) is 5.72. The topological polar surface area (TPSA) is 82.3 Å². The average Bonchev–Trinajstić information content (AvgIpc) is 2.68. The third-order valence-electron chi connectivity index (χ3n) is 4.20. The van der Waals surface area contributed by atoms with Gasteiger partial charge in [0.2, 0.25) is 0 Å². The number of nitriles is 1. The molecule has 0 unspecified atom stereocenters. The Kier molecular flexibility index (Phi) is 7.62. The van der Waals surface area contributed by atoms with Crippen LogP contribution >= 0.6 is 0 Å².